The molecule has 0 saturated carbocycles. The van der Waals surface area contributed by atoms with Crippen molar-refractivity contribution < 1.29 is 14.3 Å². The maximum atomic E-state index is 13.3. The predicted molar refractivity (Wildman–Crippen MR) is 120 cm³/mol. The molecule has 3 aromatic rings. The number of hydrogen-bond donors (Lipinski definition) is 1. The Hall–Kier alpha value is -3.09. The number of halogens is 1. The number of nitrogens with one attached hydrogen (secondary N) is 1. The number of methoxy groups -OCH3 is 1. The van der Waals surface area contributed by atoms with Crippen LogP contribution in [-0.2, 0) is 16.1 Å². The minimum Gasteiger partial charge on any atom is -0.497 e. The van der Waals surface area contributed by atoms with E-state index < -0.39 is 0 Å². The summed E-state index contributed by atoms with van der Waals surface area (Å²) in [4.78, 5) is 28.5. The number of benzene rings is 2. The molecule has 1 aliphatic rings. The van der Waals surface area contributed by atoms with Crippen LogP contribution >= 0.6 is 22.9 Å². The van der Waals surface area contributed by atoms with Gasteiger partial charge in [-0.15, -0.1) is 11.3 Å². The molecular weight excluding hydrogens is 420 g/mol. The summed E-state index contributed by atoms with van der Waals surface area (Å²) in [6.07, 6.45) is 0. The molecule has 2 heterocycles. The number of hydrogen-bond acceptors (Lipinski definition) is 5. The van der Waals surface area contributed by atoms with E-state index in [-0.39, 0.29) is 24.1 Å². The topological polar surface area (TPSA) is 58.6 Å². The maximum absolute atomic E-state index is 13.3. The van der Waals surface area contributed by atoms with Crippen LogP contribution in [0.2, 0.25) is 5.02 Å². The van der Waals surface area contributed by atoms with E-state index in [0.717, 1.165) is 16.0 Å². The van der Waals surface area contributed by atoms with E-state index >= 15 is 0 Å². The Morgan fingerprint density at radius 1 is 1.07 bits per heavy atom. The van der Waals surface area contributed by atoms with Gasteiger partial charge < -0.3 is 10.1 Å². The zero-order chi connectivity index (χ0) is 21.3. The second kappa shape index (κ2) is 8.34. The van der Waals surface area contributed by atoms with Crippen molar-refractivity contribution in [3.8, 4) is 5.75 Å². The molecule has 2 amide bonds. The maximum Gasteiger partial charge on any atom is 0.278 e. The molecule has 1 aliphatic heterocycles. The minimum absolute atomic E-state index is 0.177. The highest BCUT2D eigenvalue weighted by atomic mass is 35.5. The second-order valence-electron chi connectivity index (χ2n) is 6.86. The predicted octanol–water partition coefficient (Wildman–Crippen LogP) is 5.11. The van der Waals surface area contributed by atoms with Gasteiger partial charge in [-0.05, 0) is 53.8 Å². The molecule has 0 aliphatic carbocycles. The summed E-state index contributed by atoms with van der Waals surface area (Å²) in [5, 5.41) is 5.61. The highest BCUT2D eigenvalue weighted by Crippen LogP contribution is 2.34. The van der Waals surface area contributed by atoms with Crippen molar-refractivity contribution in [3.05, 3.63) is 86.7 Å². The average molecular weight is 439 g/mol. The standard InChI is InChI=1S/C23H19ClN2O3S/c1-14-5-8-16(24)12-18(14)25-21-20(19-4-3-11-30-19)22(27)26(23(21)28)13-15-6-9-17(29-2)10-7-15/h3-12,25H,13H2,1-2H3. The van der Waals surface area contributed by atoms with Crippen LogP contribution in [0.4, 0.5) is 5.69 Å². The van der Waals surface area contributed by atoms with Gasteiger partial charge in [0.15, 0.2) is 0 Å². The Morgan fingerprint density at radius 3 is 2.50 bits per heavy atom. The van der Waals surface area contributed by atoms with Gasteiger partial charge in [0.2, 0.25) is 0 Å². The number of imide groups is 1. The molecule has 7 heteroatoms. The van der Waals surface area contributed by atoms with Crippen molar-refractivity contribution >= 4 is 46.0 Å². The van der Waals surface area contributed by atoms with Crippen LogP contribution in [0.1, 0.15) is 16.0 Å². The Labute approximate surface area is 183 Å². The first-order valence-corrected chi connectivity index (χ1v) is 10.5. The van der Waals surface area contributed by atoms with Gasteiger partial charge in [-0.2, -0.15) is 0 Å². The third-order valence-corrected chi connectivity index (χ3v) is 6.02. The van der Waals surface area contributed by atoms with Crippen molar-refractivity contribution in [1.82, 2.24) is 4.90 Å². The molecule has 0 saturated heterocycles. The third kappa shape index (κ3) is 3.84. The van der Waals surface area contributed by atoms with Gasteiger partial charge in [0, 0.05) is 15.6 Å². The molecular formula is C23H19ClN2O3S. The fourth-order valence-corrected chi connectivity index (χ4v) is 4.20. The normalized spacial score (nSPS) is 13.9. The van der Waals surface area contributed by atoms with Crippen molar-refractivity contribution in [1.29, 1.82) is 0 Å². The van der Waals surface area contributed by atoms with Crippen LogP contribution in [0.3, 0.4) is 0 Å². The number of rotatable bonds is 6. The van der Waals surface area contributed by atoms with Crippen LogP contribution in [0.25, 0.3) is 5.57 Å². The lowest BCUT2D eigenvalue weighted by Crippen LogP contribution is -2.32. The van der Waals surface area contributed by atoms with Gasteiger partial charge in [0.25, 0.3) is 11.8 Å². The average Bonchev–Trinajstić information content (AvgIpc) is 3.34. The van der Waals surface area contributed by atoms with E-state index in [4.69, 9.17) is 16.3 Å². The zero-order valence-corrected chi connectivity index (χ0v) is 18.0. The number of ether oxygens (including phenoxy) is 1. The number of carbonyl (C=O) groups is 2. The van der Waals surface area contributed by atoms with Crippen molar-refractivity contribution in [3.63, 3.8) is 0 Å². The Balaban J connectivity index is 1.70. The van der Waals surface area contributed by atoms with Crippen molar-refractivity contribution in [2.45, 2.75) is 13.5 Å². The minimum atomic E-state index is -0.362. The monoisotopic (exact) mass is 438 g/mol. The summed E-state index contributed by atoms with van der Waals surface area (Å²) >= 11 is 7.56. The molecule has 0 bridgehead atoms. The molecule has 4 rings (SSSR count). The summed E-state index contributed by atoms with van der Waals surface area (Å²) in [5.41, 5.74) is 3.10. The van der Waals surface area contributed by atoms with E-state index in [1.807, 2.05) is 54.8 Å². The molecule has 30 heavy (non-hydrogen) atoms. The van der Waals surface area contributed by atoms with E-state index in [0.29, 0.717) is 22.0 Å². The van der Waals surface area contributed by atoms with Gasteiger partial charge >= 0.3 is 0 Å². The molecule has 0 fully saturated rings. The second-order valence-corrected chi connectivity index (χ2v) is 8.24. The molecule has 0 spiro atoms. The summed E-state index contributed by atoms with van der Waals surface area (Å²) < 4.78 is 5.18. The molecule has 1 aromatic heterocycles. The first-order chi connectivity index (χ1) is 14.5. The molecule has 0 radical (unpaired) electrons. The van der Waals surface area contributed by atoms with Gasteiger partial charge in [-0.3, -0.25) is 14.5 Å². The third-order valence-electron chi connectivity index (χ3n) is 4.89. The lowest BCUT2D eigenvalue weighted by molar-refractivity contribution is -0.137. The van der Waals surface area contributed by atoms with E-state index in [9.17, 15) is 9.59 Å². The van der Waals surface area contributed by atoms with Gasteiger partial charge in [0.05, 0.1) is 19.2 Å². The highest BCUT2D eigenvalue weighted by Gasteiger charge is 2.39. The molecule has 2 aromatic carbocycles. The van der Waals surface area contributed by atoms with E-state index in [2.05, 4.69) is 5.32 Å². The lowest BCUT2D eigenvalue weighted by Gasteiger charge is -2.16. The van der Waals surface area contributed by atoms with Gasteiger partial charge in [-0.1, -0.05) is 35.9 Å². The molecule has 1 N–H and O–H groups in total. The molecule has 0 atom stereocenters. The molecule has 5 nitrogen and oxygen atoms in total. The van der Waals surface area contributed by atoms with Crippen LogP contribution in [0.5, 0.6) is 5.75 Å². The number of anilines is 1. The molecule has 152 valence electrons. The zero-order valence-electron chi connectivity index (χ0n) is 16.4. The van der Waals surface area contributed by atoms with Crippen LogP contribution < -0.4 is 10.1 Å². The number of aryl methyl sites for hydroxylation is 1. The fourth-order valence-electron chi connectivity index (χ4n) is 3.26. The highest BCUT2D eigenvalue weighted by molar-refractivity contribution is 7.11. The summed E-state index contributed by atoms with van der Waals surface area (Å²) in [6, 6.07) is 16.4. The number of amides is 2. The Morgan fingerprint density at radius 2 is 1.83 bits per heavy atom. The van der Waals surface area contributed by atoms with E-state index in [1.54, 1.807) is 19.2 Å². The van der Waals surface area contributed by atoms with Crippen molar-refractivity contribution in [2.24, 2.45) is 0 Å². The number of thiophene rings is 1. The van der Waals surface area contributed by atoms with Crippen LogP contribution in [0.15, 0.2) is 65.7 Å². The van der Waals surface area contributed by atoms with E-state index in [1.165, 1.54) is 16.2 Å². The SMILES string of the molecule is COc1ccc(CN2C(=O)C(Nc3cc(Cl)ccc3C)=C(c3cccs3)C2=O)cc1. The Bertz CT molecular complexity index is 1140. The summed E-state index contributed by atoms with van der Waals surface area (Å²) in [6.45, 7) is 2.09. The quantitative estimate of drug-likeness (QED) is 0.543. The Kier molecular flexibility index (Phi) is 5.61. The fraction of sp³-hybridized carbons (Fsp3) is 0.130. The summed E-state index contributed by atoms with van der Waals surface area (Å²) in [7, 11) is 1.59. The van der Waals surface area contributed by atoms with Gasteiger partial charge in [0.1, 0.15) is 11.4 Å². The van der Waals surface area contributed by atoms with Crippen molar-refractivity contribution in [2.75, 3.05) is 12.4 Å². The van der Waals surface area contributed by atoms with Crippen LogP contribution in [-0.4, -0.2) is 23.8 Å². The van der Waals surface area contributed by atoms with Gasteiger partial charge in [-0.25, -0.2) is 0 Å². The largest absolute Gasteiger partial charge is 0.497 e. The lowest BCUT2D eigenvalue weighted by atomic mass is 10.1. The first-order valence-electron chi connectivity index (χ1n) is 9.28. The summed E-state index contributed by atoms with van der Waals surface area (Å²) in [5.74, 6) is 0.0352. The number of carbonyl (C=O) groups excluding carboxylic acids is 2. The first kappa shape index (κ1) is 20.2. The molecule has 0 unspecified atom stereocenters. The smallest absolute Gasteiger partial charge is 0.278 e. The van der Waals surface area contributed by atoms with Crippen LogP contribution in [0, 0.1) is 6.92 Å². The number of nitrogens with zero attached hydrogens (tertiary/aromatic N) is 1.